The summed E-state index contributed by atoms with van der Waals surface area (Å²) in [6.07, 6.45) is 6.71. The van der Waals surface area contributed by atoms with Crippen LogP contribution in [0.2, 0.25) is 0 Å². The van der Waals surface area contributed by atoms with Gasteiger partial charge in [-0.1, -0.05) is 18.2 Å². The number of benzene rings is 1. The molecule has 0 amide bonds. The molecule has 1 aromatic heterocycles. The summed E-state index contributed by atoms with van der Waals surface area (Å²) in [7, 11) is 0. The van der Waals surface area contributed by atoms with Gasteiger partial charge in [0, 0.05) is 50.3 Å². The minimum atomic E-state index is 0.427. The van der Waals surface area contributed by atoms with E-state index in [4.69, 9.17) is 0 Å². The van der Waals surface area contributed by atoms with E-state index < -0.39 is 0 Å². The minimum Gasteiger partial charge on any atom is -0.369 e. The number of guanidine groups is 1. The number of hydrogen-bond donors (Lipinski definition) is 2. The highest BCUT2D eigenvalue weighted by molar-refractivity contribution is 5.80. The highest BCUT2D eigenvalue weighted by atomic mass is 15.2. The lowest BCUT2D eigenvalue weighted by atomic mass is 10.3. The molecule has 128 valence electrons. The molecule has 1 aliphatic heterocycles. The number of imidazole rings is 1. The second-order valence-corrected chi connectivity index (χ2v) is 5.97. The van der Waals surface area contributed by atoms with Crippen LogP contribution in [0, 0.1) is 0 Å². The Bertz CT molecular complexity index is 622. The molecule has 1 unspecified atom stereocenters. The number of nitrogens with one attached hydrogen (secondary N) is 2. The Balaban J connectivity index is 1.52. The first kappa shape index (κ1) is 16.4. The zero-order valence-electron chi connectivity index (χ0n) is 14.2. The largest absolute Gasteiger partial charge is 0.369 e. The molecule has 6 nitrogen and oxygen atoms in total. The molecule has 2 aromatic rings. The number of para-hydroxylation sites is 1. The highest BCUT2D eigenvalue weighted by Crippen LogP contribution is 2.19. The molecule has 3 rings (SSSR count). The van der Waals surface area contributed by atoms with E-state index in [1.54, 1.807) is 6.20 Å². The Morgan fingerprint density at radius 1 is 1.33 bits per heavy atom. The van der Waals surface area contributed by atoms with Crippen LogP contribution >= 0.6 is 0 Å². The summed E-state index contributed by atoms with van der Waals surface area (Å²) in [5, 5.41) is 6.91. The van der Waals surface area contributed by atoms with E-state index in [0.717, 1.165) is 45.1 Å². The predicted molar refractivity (Wildman–Crippen MR) is 98.4 cm³/mol. The molecule has 0 bridgehead atoms. The van der Waals surface area contributed by atoms with Crippen LogP contribution in [0.3, 0.4) is 0 Å². The average Bonchev–Trinajstić information content (AvgIpc) is 3.28. The van der Waals surface area contributed by atoms with Gasteiger partial charge in [-0.2, -0.15) is 0 Å². The Morgan fingerprint density at radius 3 is 2.96 bits per heavy atom. The molecule has 0 radical (unpaired) electrons. The maximum absolute atomic E-state index is 4.68. The third-order valence-corrected chi connectivity index (χ3v) is 4.18. The lowest BCUT2D eigenvalue weighted by Gasteiger charge is -2.20. The average molecular weight is 326 g/mol. The first-order valence-electron chi connectivity index (χ1n) is 8.65. The van der Waals surface area contributed by atoms with Crippen molar-refractivity contribution < 1.29 is 0 Å². The molecular weight excluding hydrogens is 300 g/mol. The van der Waals surface area contributed by atoms with Gasteiger partial charge in [0.15, 0.2) is 5.96 Å². The molecule has 0 spiro atoms. The quantitative estimate of drug-likeness (QED) is 0.627. The normalized spacial score (nSPS) is 18.0. The number of hydrogen-bond acceptors (Lipinski definition) is 3. The molecular formula is C18H26N6. The van der Waals surface area contributed by atoms with Gasteiger partial charge in [0.05, 0.1) is 12.9 Å². The predicted octanol–water partition coefficient (Wildman–Crippen LogP) is 1.72. The van der Waals surface area contributed by atoms with E-state index in [0.29, 0.717) is 6.04 Å². The van der Waals surface area contributed by atoms with Crippen LogP contribution in [-0.4, -0.2) is 47.7 Å². The molecule has 6 heteroatoms. The van der Waals surface area contributed by atoms with Crippen LogP contribution < -0.4 is 15.5 Å². The number of rotatable bonds is 6. The van der Waals surface area contributed by atoms with Gasteiger partial charge in [-0.15, -0.1) is 0 Å². The summed E-state index contributed by atoms with van der Waals surface area (Å²) in [6.45, 7) is 6.63. The SMILES string of the molecule is CCNC(=NCCn1ccnc1)NC1CCN(c2ccccc2)C1. The monoisotopic (exact) mass is 326 g/mol. The van der Waals surface area contributed by atoms with Crippen molar-refractivity contribution in [1.82, 2.24) is 20.2 Å². The van der Waals surface area contributed by atoms with E-state index in [1.807, 2.05) is 17.1 Å². The fourth-order valence-corrected chi connectivity index (χ4v) is 2.96. The van der Waals surface area contributed by atoms with Gasteiger partial charge in [0.1, 0.15) is 0 Å². The maximum atomic E-state index is 4.68. The van der Waals surface area contributed by atoms with Gasteiger partial charge < -0.3 is 20.1 Å². The van der Waals surface area contributed by atoms with Gasteiger partial charge in [-0.05, 0) is 25.5 Å². The Hall–Kier alpha value is -2.50. The summed E-state index contributed by atoms with van der Waals surface area (Å²) >= 11 is 0. The molecule has 0 saturated carbocycles. The summed E-state index contributed by atoms with van der Waals surface area (Å²) in [4.78, 5) is 11.2. The van der Waals surface area contributed by atoms with E-state index in [9.17, 15) is 0 Å². The van der Waals surface area contributed by atoms with Crippen LogP contribution in [0.15, 0.2) is 54.0 Å². The van der Waals surface area contributed by atoms with Crippen LogP contribution in [0.4, 0.5) is 5.69 Å². The van der Waals surface area contributed by atoms with Crippen LogP contribution in [0.5, 0.6) is 0 Å². The second-order valence-electron chi connectivity index (χ2n) is 5.97. The second kappa shape index (κ2) is 8.38. The Morgan fingerprint density at radius 2 is 2.21 bits per heavy atom. The topological polar surface area (TPSA) is 57.5 Å². The van der Waals surface area contributed by atoms with Gasteiger partial charge in [-0.3, -0.25) is 4.99 Å². The van der Waals surface area contributed by atoms with Gasteiger partial charge >= 0.3 is 0 Å². The fourth-order valence-electron chi connectivity index (χ4n) is 2.96. The minimum absolute atomic E-state index is 0.427. The van der Waals surface area contributed by atoms with Gasteiger partial charge in [0.2, 0.25) is 0 Å². The van der Waals surface area contributed by atoms with E-state index in [1.165, 1.54) is 5.69 Å². The van der Waals surface area contributed by atoms with Crippen molar-refractivity contribution in [1.29, 1.82) is 0 Å². The first-order chi connectivity index (χ1) is 11.8. The molecule has 2 heterocycles. The fraction of sp³-hybridized carbons (Fsp3) is 0.444. The molecule has 2 N–H and O–H groups in total. The lowest BCUT2D eigenvalue weighted by Crippen LogP contribution is -2.44. The molecule has 1 atom stereocenters. The van der Waals surface area contributed by atoms with Crippen molar-refractivity contribution in [2.45, 2.75) is 25.9 Å². The molecule has 1 saturated heterocycles. The van der Waals surface area contributed by atoms with Crippen molar-refractivity contribution >= 4 is 11.6 Å². The molecule has 0 aliphatic carbocycles. The summed E-state index contributed by atoms with van der Waals surface area (Å²) in [5.74, 6) is 0.900. The van der Waals surface area contributed by atoms with Crippen molar-refractivity contribution in [3.05, 3.63) is 49.1 Å². The van der Waals surface area contributed by atoms with E-state index in [2.05, 4.69) is 62.8 Å². The Labute approximate surface area is 143 Å². The zero-order valence-corrected chi connectivity index (χ0v) is 14.2. The number of nitrogens with zero attached hydrogens (tertiary/aromatic N) is 4. The summed E-state index contributed by atoms with van der Waals surface area (Å²) < 4.78 is 2.04. The van der Waals surface area contributed by atoms with Gasteiger partial charge in [-0.25, -0.2) is 4.98 Å². The standard InChI is InChI=1S/C18H26N6/c1-2-20-18(21-10-13-23-12-9-19-15-23)22-16-8-11-24(14-16)17-6-4-3-5-7-17/h3-7,9,12,15-16H,2,8,10-11,13-14H2,1H3,(H2,20,21,22). The molecule has 1 aromatic carbocycles. The van der Waals surface area contributed by atoms with Crippen molar-refractivity contribution in [3.63, 3.8) is 0 Å². The third kappa shape index (κ3) is 4.50. The highest BCUT2D eigenvalue weighted by Gasteiger charge is 2.23. The van der Waals surface area contributed by atoms with Gasteiger partial charge in [0.25, 0.3) is 0 Å². The van der Waals surface area contributed by atoms with E-state index in [-0.39, 0.29) is 0 Å². The lowest BCUT2D eigenvalue weighted by molar-refractivity contribution is 0.642. The third-order valence-electron chi connectivity index (χ3n) is 4.18. The van der Waals surface area contributed by atoms with Crippen LogP contribution in [0.25, 0.3) is 0 Å². The molecule has 1 fully saturated rings. The molecule has 1 aliphatic rings. The zero-order chi connectivity index (χ0) is 16.6. The smallest absolute Gasteiger partial charge is 0.191 e. The number of aliphatic imine (C=N–C) groups is 1. The van der Waals surface area contributed by atoms with E-state index >= 15 is 0 Å². The summed E-state index contributed by atoms with van der Waals surface area (Å²) in [6, 6.07) is 11.0. The van der Waals surface area contributed by atoms with Crippen molar-refractivity contribution in [2.24, 2.45) is 4.99 Å². The first-order valence-corrected chi connectivity index (χ1v) is 8.65. The van der Waals surface area contributed by atoms with Crippen molar-refractivity contribution in [3.8, 4) is 0 Å². The molecule has 24 heavy (non-hydrogen) atoms. The number of anilines is 1. The Kier molecular flexibility index (Phi) is 5.71. The van der Waals surface area contributed by atoms with Crippen LogP contribution in [0.1, 0.15) is 13.3 Å². The van der Waals surface area contributed by atoms with Crippen LogP contribution in [-0.2, 0) is 6.54 Å². The summed E-state index contributed by atoms with van der Waals surface area (Å²) in [5.41, 5.74) is 1.30. The maximum Gasteiger partial charge on any atom is 0.191 e. The number of aromatic nitrogens is 2. The van der Waals surface area contributed by atoms with Crippen molar-refractivity contribution in [2.75, 3.05) is 31.1 Å².